The van der Waals surface area contributed by atoms with Gasteiger partial charge in [0, 0.05) is 14.1 Å². The average Bonchev–Trinajstić information content (AvgIpc) is 3.10. The van der Waals surface area contributed by atoms with E-state index >= 15 is 0 Å². The number of carbonyl (C=O) groups excluding carboxylic acids is 2. The van der Waals surface area contributed by atoms with Gasteiger partial charge in [0.2, 0.25) is 0 Å². The Hall–Kier alpha value is -2.62. The molecule has 1 aromatic heterocycles. The molecule has 0 fully saturated rings. The van der Waals surface area contributed by atoms with Gasteiger partial charge >= 0.3 is 53.5 Å². The topological polar surface area (TPSA) is 62.3 Å². The first-order chi connectivity index (χ1) is 16.9. The Balaban J connectivity index is 3.56. The molecule has 1 rings (SSSR count). The highest BCUT2D eigenvalue weighted by Gasteiger charge is 2.95. The molecule has 0 aromatic carbocycles. The summed E-state index contributed by atoms with van der Waals surface area (Å²) < 4.78 is 226. The van der Waals surface area contributed by atoms with Crippen LogP contribution in [0.5, 0.6) is 0 Å². The van der Waals surface area contributed by atoms with Crippen LogP contribution in [0.4, 0.5) is 79.8 Å². The van der Waals surface area contributed by atoms with E-state index in [1.807, 2.05) is 0 Å². The number of hydrogen-bond donors (Lipinski definition) is 1. The van der Waals surface area contributed by atoms with E-state index in [4.69, 9.17) is 0 Å². The van der Waals surface area contributed by atoms with Crippen molar-refractivity contribution in [3.63, 3.8) is 0 Å². The third kappa shape index (κ3) is 4.83. The highest BCUT2D eigenvalue weighted by molar-refractivity contribution is 7.17. The second-order valence-electron chi connectivity index (χ2n) is 7.61. The molecule has 0 saturated heterocycles. The van der Waals surface area contributed by atoms with Crippen LogP contribution in [0.3, 0.4) is 0 Å². The predicted molar refractivity (Wildman–Crippen MR) is 94.2 cm³/mol. The molecule has 226 valence electrons. The molecule has 0 radical (unpaired) electrons. The third-order valence-electron chi connectivity index (χ3n) is 4.62. The molecule has 0 saturated carbocycles. The molecule has 2 amide bonds. The molecule has 5 nitrogen and oxygen atoms in total. The Labute approximate surface area is 207 Å². The Morgan fingerprint density at radius 3 is 1.38 bits per heavy atom. The molecule has 23 heteroatoms. The van der Waals surface area contributed by atoms with Gasteiger partial charge in [0.25, 0.3) is 5.91 Å². The summed E-state index contributed by atoms with van der Waals surface area (Å²) in [5, 5.41) is -0.603. The highest BCUT2D eigenvalue weighted by atomic mass is 32.1. The molecular formula is C16H10F17N3O2S. The van der Waals surface area contributed by atoms with Gasteiger partial charge in [-0.3, -0.25) is 14.9 Å². The second kappa shape index (κ2) is 9.49. The van der Waals surface area contributed by atoms with Crippen molar-refractivity contribution < 1.29 is 84.2 Å². The fourth-order valence-corrected chi connectivity index (χ4v) is 3.32. The number of hydrogen-bond acceptors (Lipinski definition) is 4. The number of aromatic nitrogens is 1. The average molecular weight is 631 g/mol. The Morgan fingerprint density at radius 1 is 0.667 bits per heavy atom. The van der Waals surface area contributed by atoms with Crippen molar-refractivity contribution in [2.75, 3.05) is 19.4 Å². The van der Waals surface area contributed by atoms with Gasteiger partial charge < -0.3 is 4.90 Å². The van der Waals surface area contributed by atoms with Gasteiger partial charge in [0.1, 0.15) is 4.88 Å². The highest BCUT2D eigenvalue weighted by Crippen LogP contribution is 2.64. The van der Waals surface area contributed by atoms with Crippen LogP contribution in [0, 0.1) is 6.92 Å². The minimum Gasteiger partial charge on any atom is -0.344 e. The minimum atomic E-state index is -8.80. The summed E-state index contributed by atoms with van der Waals surface area (Å²) in [7, 11) is 2.25. The quantitative estimate of drug-likeness (QED) is 0.336. The maximum Gasteiger partial charge on any atom is 0.460 e. The number of anilines is 1. The van der Waals surface area contributed by atoms with Crippen molar-refractivity contribution in [1.29, 1.82) is 0 Å². The van der Waals surface area contributed by atoms with Gasteiger partial charge in [-0.2, -0.15) is 74.6 Å². The van der Waals surface area contributed by atoms with E-state index in [-0.39, 0.29) is 11.3 Å². The van der Waals surface area contributed by atoms with Crippen LogP contribution in [-0.4, -0.2) is 83.4 Å². The normalized spacial score (nSPS) is 14.9. The van der Waals surface area contributed by atoms with E-state index in [0.717, 1.165) is 25.9 Å². The standard InChI is InChI=1S/C16H10F17N3O2S/c1-4-5(6(37)36(2)3)39-8(34-4)35-7(38)9(17,18)10(19,20)11(21,22)12(23,24)13(25,26)14(27,28)15(29,30)16(31,32)33/h1-3H3,(H,34,35,38). The lowest BCUT2D eigenvalue weighted by atomic mass is 9.89. The summed E-state index contributed by atoms with van der Waals surface area (Å²) >= 11 is -0.0805. The van der Waals surface area contributed by atoms with E-state index in [1.54, 1.807) is 0 Å². The minimum absolute atomic E-state index is 0.0805. The maximum atomic E-state index is 14.0. The zero-order valence-electron chi connectivity index (χ0n) is 18.5. The van der Waals surface area contributed by atoms with Gasteiger partial charge in [0.05, 0.1) is 5.69 Å². The number of rotatable bonds is 9. The van der Waals surface area contributed by atoms with E-state index in [2.05, 4.69) is 4.98 Å². The van der Waals surface area contributed by atoms with Crippen LogP contribution in [0.25, 0.3) is 0 Å². The van der Waals surface area contributed by atoms with Crippen molar-refractivity contribution in [3.05, 3.63) is 10.6 Å². The van der Waals surface area contributed by atoms with E-state index in [9.17, 15) is 84.2 Å². The van der Waals surface area contributed by atoms with E-state index in [1.165, 1.54) is 0 Å². The molecule has 1 N–H and O–H groups in total. The number of halogens is 17. The fraction of sp³-hybridized carbons (Fsp3) is 0.688. The van der Waals surface area contributed by atoms with Crippen molar-refractivity contribution in [2.45, 2.75) is 54.6 Å². The van der Waals surface area contributed by atoms with Gasteiger partial charge in [0.15, 0.2) is 5.13 Å². The largest absolute Gasteiger partial charge is 0.460 e. The number of alkyl halides is 17. The molecule has 0 bridgehead atoms. The number of amides is 2. The first-order valence-electron chi connectivity index (χ1n) is 9.09. The van der Waals surface area contributed by atoms with E-state index in [0.29, 0.717) is 5.32 Å². The van der Waals surface area contributed by atoms with Crippen LogP contribution in [0.1, 0.15) is 15.4 Å². The van der Waals surface area contributed by atoms with Gasteiger partial charge in [-0.05, 0) is 6.92 Å². The van der Waals surface area contributed by atoms with Crippen LogP contribution < -0.4 is 5.32 Å². The molecule has 0 aliphatic rings. The molecular weight excluding hydrogens is 621 g/mol. The summed E-state index contributed by atoms with van der Waals surface area (Å²) in [6.07, 6.45) is -7.86. The van der Waals surface area contributed by atoms with Crippen molar-refractivity contribution >= 4 is 28.3 Å². The van der Waals surface area contributed by atoms with Gasteiger partial charge in [-0.25, -0.2) is 4.98 Å². The lowest BCUT2D eigenvalue weighted by Gasteiger charge is -2.42. The SMILES string of the molecule is Cc1nc(NC(=O)C(F)(F)C(F)(F)C(F)(F)C(F)(F)C(F)(F)C(F)(F)C(F)(F)C(F)(F)F)sc1C(=O)N(C)C. The smallest absolute Gasteiger partial charge is 0.344 e. The maximum absolute atomic E-state index is 14.0. The fourth-order valence-electron chi connectivity index (χ4n) is 2.33. The van der Waals surface area contributed by atoms with Crippen LogP contribution in [0.15, 0.2) is 0 Å². The van der Waals surface area contributed by atoms with Crippen molar-refractivity contribution in [2.24, 2.45) is 0 Å². The molecule has 0 spiro atoms. The van der Waals surface area contributed by atoms with Gasteiger partial charge in [-0.15, -0.1) is 0 Å². The summed E-state index contributed by atoms with van der Waals surface area (Å²) in [6, 6.07) is 0. The zero-order valence-corrected chi connectivity index (χ0v) is 19.4. The second-order valence-corrected chi connectivity index (χ2v) is 8.60. The molecule has 0 atom stereocenters. The molecule has 39 heavy (non-hydrogen) atoms. The Morgan fingerprint density at radius 2 is 1.03 bits per heavy atom. The lowest BCUT2D eigenvalue weighted by molar-refractivity contribution is -0.459. The molecule has 1 aromatic rings. The van der Waals surface area contributed by atoms with Crippen molar-refractivity contribution in [3.8, 4) is 0 Å². The number of aryl methyl sites for hydroxylation is 1. The molecule has 0 aliphatic heterocycles. The van der Waals surface area contributed by atoms with Crippen LogP contribution >= 0.6 is 11.3 Å². The summed E-state index contributed by atoms with van der Waals surface area (Å²) in [4.78, 5) is 26.9. The number of nitrogens with zero attached hydrogens (tertiary/aromatic N) is 2. The first kappa shape index (κ1) is 34.4. The summed E-state index contributed by atoms with van der Waals surface area (Å²) in [5.41, 5.74) is -0.409. The predicted octanol–water partition coefficient (Wildman–Crippen LogP) is 6.10. The Bertz CT molecular complexity index is 1110. The first-order valence-corrected chi connectivity index (χ1v) is 9.91. The summed E-state index contributed by atoms with van der Waals surface area (Å²) in [5.74, 6) is -63.3. The monoisotopic (exact) mass is 631 g/mol. The third-order valence-corrected chi connectivity index (χ3v) is 5.69. The molecule has 1 heterocycles. The van der Waals surface area contributed by atoms with Gasteiger partial charge in [-0.1, -0.05) is 11.3 Å². The number of thiazole rings is 1. The number of carbonyl (C=O) groups is 2. The number of nitrogens with one attached hydrogen (secondary N) is 1. The Kier molecular flexibility index (Phi) is 8.37. The lowest BCUT2D eigenvalue weighted by Crippen LogP contribution is -2.75. The van der Waals surface area contributed by atoms with Crippen LogP contribution in [-0.2, 0) is 4.79 Å². The zero-order chi connectivity index (χ0) is 31.6. The van der Waals surface area contributed by atoms with Crippen molar-refractivity contribution in [1.82, 2.24) is 9.88 Å². The molecule has 0 aliphatic carbocycles. The summed E-state index contributed by atoms with van der Waals surface area (Å²) in [6.45, 7) is 0.962. The molecule has 0 unspecified atom stereocenters. The van der Waals surface area contributed by atoms with E-state index < -0.39 is 75.2 Å². The van der Waals surface area contributed by atoms with Crippen LogP contribution in [0.2, 0.25) is 0 Å².